The van der Waals surface area contributed by atoms with Crippen molar-refractivity contribution in [3.63, 3.8) is 0 Å². The second-order valence-electron chi connectivity index (χ2n) is 4.34. The minimum atomic E-state index is -0.990. The normalized spacial score (nSPS) is 21.9. The van der Waals surface area contributed by atoms with Crippen LogP contribution >= 0.6 is 0 Å². The molecule has 1 unspecified atom stereocenters. The molecule has 1 atom stereocenters. The number of aromatic nitrogens is 1. The third-order valence-electron chi connectivity index (χ3n) is 2.87. The van der Waals surface area contributed by atoms with Crippen LogP contribution in [0.4, 0.5) is 11.5 Å². The Balaban J connectivity index is 2.12. The smallest absolute Gasteiger partial charge is 0.289 e. The van der Waals surface area contributed by atoms with Crippen LogP contribution in [0.2, 0.25) is 0 Å². The molecule has 0 amide bonds. The molecular weight excluding hydrogens is 252 g/mol. The van der Waals surface area contributed by atoms with Crippen molar-refractivity contribution in [1.82, 2.24) is 4.98 Å². The molecule has 1 saturated heterocycles. The van der Waals surface area contributed by atoms with Crippen LogP contribution in [0.15, 0.2) is 12.3 Å². The summed E-state index contributed by atoms with van der Waals surface area (Å²) in [5.74, 6) is 0.216. The van der Waals surface area contributed by atoms with Crippen LogP contribution in [0.3, 0.4) is 0 Å². The van der Waals surface area contributed by atoms with Gasteiger partial charge >= 0.3 is 0 Å². The van der Waals surface area contributed by atoms with Crippen LogP contribution in [0.25, 0.3) is 0 Å². The molecule has 2 N–H and O–H groups in total. The van der Waals surface area contributed by atoms with Crippen molar-refractivity contribution in [3.05, 3.63) is 27.9 Å². The van der Waals surface area contributed by atoms with Crippen LogP contribution < -0.4 is 5.32 Å². The molecule has 1 aromatic rings. The van der Waals surface area contributed by atoms with Gasteiger partial charge in [0.2, 0.25) is 0 Å². The van der Waals surface area contributed by atoms with Crippen LogP contribution in [0.1, 0.15) is 12.0 Å². The highest BCUT2D eigenvalue weighted by Crippen LogP contribution is 2.22. The number of rotatable bonds is 4. The minimum absolute atomic E-state index is 0.0664. The average molecular weight is 264 g/mol. The first-order valence-corrected chi connectivity index (χ1v) is 5.63. The predicted octanol–water partition coefficient (Wildman–Crippen LogP) is 0.425. The molecule has 19 heavy (non-hydrogen) atoms. The highest BCUT2D eigenvalue weighted by molar-refractivity contribution is 5.55. The van der Waals surface area contributed by atoms with Gasteiger partial charge in [0, 0.05) is 25.6 Å². The maximum atomic E-state index is 10.6. The van der Waals surface area contributed by atoms with Gasteiger partial charge in [-0.2, -0.15) is 5.26 Å². The summed E-state index contributed by atoms with van der Waals surface area (Å²) in [6.07, 6.45) is 1.56. The highest BCUT2D eigenvalue weighted by Gasteiger charge is 2.32. The molecule has 8 heteroatoms. The summed E-state index contributed by atoms with van der Waals surface area (Å²) in [6.45, 7) is 0.873. The Bertz CT molecular complexity index is 534. The van der Waals surface area contributed by atoms with E-state index in [0.29, 0.717) is 13.0 Å². The fraction of sp³-hybridized carbons (Fsp3) is 0.455. The van der Waals surface area contributed by atoms with Gasteiger partial charge in [0.05, 0.1) is 11.5 Å². The zero-order chi connectivity index (χ0) is 13.9. The number of hydrogen-bond acceptors (Lipinski definition) is 7. The summed E-state index contributed by atoms with van der Waals surface area (Å²) in [5.41, 5.74) is -1.17. The van der Waals surface area contributed by atoms with Crippen molar-refractivity contribution in [2.45, 2.75) is 12.0 Å². The lowest BCUT2D eigenvalue weighted by molar-refractivity contribution is -0.385. The lowest BCUT2D eigenvalue weighted by atomic mass is 10.0. The first kappa shape index (κ1) is 13.2. The van der Waals surface area contributed by atoms with E-state index >= 15 is 0 Å². The third-order valence-corrected chi connectivity index (χ3v) is 2.87. The quantitative estimate of drug-likeness (QED) is 0.597. The SMILES string of the molecule is N#Cc1cc([N+](=O)[O-])cnc1NCC1(O)CCOC1. The molecule has 100 valence electrons. The summed E-state index contributed by atoms with van der Waals surface area (Å²) in [7, 11) is 0. The van der Waals surface area contributed by atoms with Gasteiger partial charge in [-0.1, -0.05) is 0 Å². The van der Waals surface area contributed by atoms with Crippen molar-refractivity contribution in [1.29, 1.82) is 5.26 Å². The number of pyridine rings is 1. The topological polar surface area (TPSA) is 121 Å². The molecule has 1 aromatic heterocycles. The summed E-state index contributed by atoms with van der Waals surface area (Å²) < 4.78 is 5.09. The van der Waals surface area contributed by atoms with E-state index in [1.165, 1.54) is 0 Å². The molecule has 2 rings (SSSR count). The Morgan fingerprint density at radius 3 is 3.11 bits per heavy atom. The fourth-order valence-corrected chi connectivity index (χ4v) is 1.76. The Hall–Kier alpha value is -2.24. The number of nitriles is 1. The second kappa shape index (κ2) is 5.17. The number of aliphatic hydroxyl groups is 1. The number of anilines is 1. The van der Waals surface area contributed by atoms with Crippen LogP contribution in [0, 0.1) is 21.4 Å². The van der Waals surface area contributed by atoms with Crippen molar-refractivity contribution >= 4 is 11.5 Å². The van der Waals surface area contributed by atoms with Gasteiger partial charge < -0.3 is 15.2 Å². The molecule has 1 aliphatic heterocycles. The number of hydrogen-bond donors (Lipinski definition) is 2. The standard InChI is InChI=1S/C11H12N4O4/c12-4-8-3-9(15(17)18)5-13-10(8)14-6-11(16)1-2-19-7-11/h3,5,16H,1-2,6-7H2,(H,13,14). The third kappa shape index (κ3) is 2.96. The number of nitrogens with zero attached hydrogens (tertiary/aromatic N) is 3. The maximum Gasteiger partial charge on any atom is 0.289 e. The molecule has 0 spiro atoms. The van der Waals surface area contributed by atoms with Gasteiger partial charge in [0.15, 0.2) is 0 Å². The summed E-state index contributed by atoms with van der Waals surface area (Å²) in [4.78, 5) is 13.8. The summed E-state index contributed by atoms with van der Waals surface area (Å²) in [5, 5.41) is 32.4. The fourth-order valence-electron chi connectivity index (χ4n) is 1.76. The maximum absolute atomic E-state index is 10.6. The molecule has 1 aliphatic rings. The first-order valence-electron chi connectivity index (χ1n) is 5.63. The monoisotopic (exact) mass is 264 g/mol. The van der Waals surface area contributed by atoms with Gasteiger partial charge in [0.25, 0.3) is 5.69 Å². The molecule has 2 heterocycles. The van der Waals surface area contributed by atoms with E-state index in [1.807, 2.05) is 6.07 Å². The highest BCUT2D eigenvalue weighted by atomic mass is 16.6. The van der Waals surface area contributed by atoms with Crippen LogP contribution in [-0.4, -0.2) is 40.4 Å². The Labute approximate surface area is 108 Å². The van der Waals surface area contributed by atoms with E-state index in [2.05, 4.69) is 10.3 Å². The molecule has 0 aliphatic carbocycles. The van der Waals surface area contributed by atoms with Crippen molar-refractivity contribution in [3.8, 4) is 6.07 Å². The number of nitrogens with one attached hydrogen (secondary N) is 1. The Kier molecular flexibility index (Phi) is 3.59. The largest absolute Gasteiger partial charge is 0.386 e. The summed E-state index contributed by atoms with van der Waals surface area (Å²) >= 11 is 0. The van der Waals surface area contributed by atoms with Gasteiger partial charge in [-0.3, -0.25) is 10.1 Å². The van der Waals surface area contributed by atoms with Crippen molar-refractivity contribution in [2.75, 3.05) is 25.1 Å². The van der Waals surface area contributed by atoms with Gasteiger partial charge in [0.1, 0.15) is 29.2 Å². The van der Waals surface area contributed by atoms with E-state index in [1.54, 1.807) is 0 Å². The second-order valence-corrected chi connectivity index (χ2v) is 4.34. The van der Waals surface area contributed by atoms with Crippen LogP contribution in [-0.2, 0) is 4.74 Å². The van der Waals surface area contributed by atoms with Crippen LogP contribution in [0.5, 0.6) is 0 Å². The zero-order valence-electron chi connectivity index (χ0n) is 10.00. The van der Waals surface area contributed by atoms with Gasteiger partial charge in [-0.05, 0) is 0 Å². The molecule has 0 bridgehead atoms. The molecular formula is C11H12N4O4. The van der Waals surface area contributed by atoms with Gasteiger partial charge in [-0.15, -0.1) is 0 Å². The lowest BCUT2D eigenvalue weighted by Gasteiger charge is -2.21. The first-order chi connectivity index (χ1) is 9.04. The summed E-state index contributed by atoms with van der Waals surface area (Å²) in [6, 6.07) is 2.98. The van der Waals surface area contributed by atoms with Crippen molar-refractivity contribution in [2.24, 2.45) is 0 Å². The van der Waals surface area contributed by atoms with E-state index in [9.17, 15) is 15.2 Å². The van der Waals surface area contributed by atoms with Gasteiger partial charge in [-0.25, -0.2) is 4.98 Å². The predicted molar refractivity (Wildman–Crippen MR) is 64.5 cm³/mol. The average Bonchev–Trinajstić information content (AvgIpc) is 2.83. The Morgan fingerprint density at radius 1 is 1.74 bits per heavy atom. The molecule has 1 fully saturated rings. The van der Waals surface area contributed by atoms with Crippen molar-refractivity contribution < 1.29 is 14.8 Å². The minimum Gasteiger partial charge on any atom is -0.386 e. The van der Waals surface area contributed by atoms with E-state index in [4.69, 9.17) is 10.00 Å². The number of nitro groups is 1. The number of ether oxygens (including phenoxy) is 1. The molecule has 8 nitrogen and oxygen atoms in total. The lowest BCUT2D eigenvalue weighted by Crippen LogP contribution is -2.37. The zero-order valence-corrected chi connectivity index (χ0v) is 10.00. The molecule has 0 saturated carbocycles. The van der Waals surface area contributed by atoms with E-state index < -0.39 is 10.5 Å². The van der Waals surface area contributed by atoms with E-state index in [0.717, 1.165) is 12.3 Å². The van der Waals surface area contributed by atoms with E-state index in [-0.39, 0.29) is 30.2 Å². The molecule has 0 aromatic carbocycles. The Morgan fingerprint density at radius 2 is 2.53 bits per heavy atom. The molecule has 0 radical (unpaired) electrons.